The van der Waals surface area contributed by atoms with Crippen molar-refractivity contribution in [3.63, 3.8) is 0 Å². The molecule has 0 aliphatic rings. The molecule has 0 bridgehead atoms. The molecule has 22 heavy (non-hydrogen) atoms. The molecule has 2 aromatic rings. The van der Waals surface area contributed by atoms with Gasteiger partial charge in [0.1, 0.15) is 0 Å². The molecule has 0 amide bonds. The molecule has 0 spiro atoms. The Balaban J connectivity index is 2.18. The van der Waals surface area contributed by atoms with Crippen LogP contribution in [0.5, 0.6) is 0 Å². The van der Waals surface area contributed by atoms with Crippen LogP contribution < -0.4 is 0 Å². The second-order valence-electron chi connectivity index (χ2n) is 5.28. The van der Waals surface area contributed by atoms with Gasteiger partial charge in [-0.1, -0.05) is 31.2 Å². The fourth-order valence-electron chi connectivity index (χ4n) is 2.02. The Morgan fingerprint density at radius 1 is 1.05 bits per heavy atom. The van der Waals surface area contributed by atoms with E-state index in [0.29, 0.717) is 17.9 Å². The highest BCUT2D eigenvalue weighted by molar-refractivity contribution is 5.99. The fraction of sp³-hybridized carbons (Fsp3) is 0.263. The summed E-state index contributed by atoms with van der Waals surface area (Å²) in [6, 6.07) is 15.1. The predicted molar refractivity (Wildman–Crippen MR) is 89.8 cm³/mol. The second-order valence-corrected chi connectivity index (χ2v) is 5.28. The van der Waals surface area contributed by atoms with Crippen LogP contribution in [0, 0.1) is 13.8 Å². The van der Waals surface area contributed by atoms with E-state index in [1.807, 2.05) is 63.2 Å². The third-order valence-electron chi connectivity index (χ3n) is 3.43. The Hall–Kier alpha value is -2.42. The molecule has 0 radical (unpaired) electrons. The predicted octanol–water partition coefficient (Wildman–Crippen LogP) is 4.99. The summed E-state index contributed by atoms with van der Waals surface area (Å²) >= 11 is 0. The van der Waals surface area contributed by atoms with Crippen molar-refractivity contribution in [2.75, 3.05) is 0 Å². The molecule has 114 valence electrons. The Morgan fingerprint density at radius 3 is 2.41 bits per heavy atom. The van der Waals surface area contributed by atoms with Crippen LogP contribution in [0.1, 0.15) is 41.3 Å². The number of carbonyl (C=O) groups is 1. The first kappa shape index (κ1) is 16.0. The zero-order valence-corrected chi connectivity index (χ0v) is 13.3. The van der Waals surface area contributed by atoms with Crippen molar-refractivity contribution in [3.8, 4) is 0 Å². The lowest BCUT2D eigenvalue weighted by atomic mass is 10.1. The van der Waals surface area contributed by atoms with Crippen molar-refractivity contribution in [2.24, 2.45) is 4.99 Å². The van der Waals surface area contributed by atoms with Gasteiger partial charge < -0.3 is 4.74 Å². The van der Waals surface area contributed by atoms with E-state index in [9.17, 15) is 4.79 Å². The molecule has 3 nitrogen and oxygen atoms in total. The van der Waals surface area contributed by atoms with E-state index < -0.39 is 0 Å². The van der Waals surface area contributed by atoms with Crippen LogP contribution in [0.25, 0.3) is 0 Å². The minimum atomic E-state index is -0.355. The molecular formula is C19H21NO2. The van der Waals surface area contributed by atoms with Crippen LogP contribution in [0.2, 0.25) is 0 Å². The minimum absolute atomic E-state index is 0.355. The maximum Gasteiger partial charge on any atom is 0.344 e. The van der Waals surface area contributed by atoms with Crippen LogP contribution in [0.15, 0.2) is 53.5 Å². The van der Waals surface area contributed by atoms with E-state index in [1.165, 1.54) is 0 Å². The summed E-state index contributed by atoms with van der Waals surface area (Å²) in [6.07, 6.45) is 1.50. The van der Waals surface area contributed by atoms with Crippen molar-refractivity contribution in [1.29, 1.82) is 0 Å². The minimum Gasteiger partial charge on any atom is -0.408 e. The molecule has 2 aromatic carbocycles. The van der Waals surface area contributed by atoms with E-state index in [1.54, 1.807) is 6.07 Å². The molecule has 0 aliphatic carbocycles. The molecule has 0 heterocycles. The topological polar surface area (TPSA) is 38.7 Å². The number of esters is 1. The first-order valence-corrected chi connectivity index (χ1v) is 7.52. The Morgan fingerprint density at radius 2 is 1.77 bits per heavy atom. The van der Waals surface area contributed by atoms with Crippen molar-refractivity contribution in [1.82, 2.24) is 0 Å². The van der Waals surface area contributed by atoms with Gasteiger partial charge in [-0.05, 0) is 55.7 Å². The number of rotatable bonds is 4. The lowest BCUT2D eigenvalue weighted by Crippen LogP contribution is -2.12. The van der Waals surface area contributed by atoms with Gasteiger partial charge >= 0.3 is 5.97 Å². The first-order valence-electron chi connectivity index (χ1n) is 7.52. The summed E-state index contributed by atoms with van der Waals surface area (Å²) in [5, 5.41) is 0. The molecule has 2 rings (SSSR count). The number of para-hydroxylation sites is 1. The average molecular weight is 295 g/mol. The maximum atomic E-state index is 12.3. The monoisotopic (exact) mass is 295 g/mol. The molecule has 3 heteroatoms. The smallest absolute Gasteiger partial charge is 0.344 e. The van der Waals surface area contributed by atoms with Crippen molar-refractivity contribution >= 4 is 17.6 Å². The zero-order valence-electron chi connectivity index (χ0n) is 13.3. The van der Waals surface area contributed by atoms with Gasteiger partial charge in [0, 0.05) is 6.42 Å². The number of hydrogen-bond donors (Lipinski definition) is 0. The molecule has 0 saturated carbocycles. The van der Waals surface area contributed by atoms with Gasteiger partial charge in [-0.3, -0.25) is 0 Å². The zero-order chi connectivity index (χ0) is 15.9. The quantitative estimate of drug-likeness (QED) is 0.453. The lowest BCUT2D eigenvalue weighted by molar-refractivity contribution is 0.0711. The van der Waals surface area contributed by atoms with Crippen molar-refractivity contribution < 1.29 is 9.53 Å². The van der Waals surface area contributed by atoms with E-state index >= 15 is 0 Å². The second kappa shape index (κ2) is 7.55. The standard InChI is InChI=1S/C19H21NO2/c1-4-8-18(20-17-9-6-5-7-10-17)22-19(21)16-12-11-14(2)15(3)13-16/h5-7,9-13H,4,8H2,1-3H3. The molecule has 0 aromatic heterocycles. The molecule has 0 atom stereocenters. The summed E-state index contributed by atoms with van der Waals surface area (Å²) < 4.78 is 5.49. The van der Waals surface area contributed by atoms with Gasteiger partial charge in [-0.25, -0.2) is 9.79 Å². The number of hydrogen-bond acceptors (Lipinski definition) is 3. The molecule has 0 unspecified atom stereocenters. The van der Waals surface area contributed by atoms with Gasteiger partial charge in [0.25, 0.3) is 0 Å². The Bertz CT molecular complexity index is 675. The van der Waals surface area contributed by atoms with Gasteiger partial charge in [0.15, 0.2) is 5.90 Å². The summed E-state index contributed by atoms with van der Waals surface area (Å²) in [7, 11) is 0. The number of ether oxygens (including phenoxy) is 1. The molecule has 0 N–H and O–H groups in total. The Labute approximate surface area is 131 Å². The summed E-state index contributed by atoms with van der Waals surface area (Å²) in [6.45, 7) is 6.03. The summed E-state index contributed by atoms with van der Waals surface area (Å²) in [4.78, 5) is 16.7. The van der Waals surface area contributed by atoms with Gasteiger partial charge in [0.2, 0.25) is 0 Å². The Kier molecular flexibility index (Phi) is 5.48. The average Bonchev–Trinajstić information content (AvgIpc) is 2.51. The van der Waals surface area contributed by atoms with Crippen molar-refractivity contribution in [2.45, 2.75) is 33.6 Å². The highest BCUT2D eigenvalue weighted by Gasteiger charge is 2.12. The normalized spacial score (nSPS) is 11.3. The van der Waals surface area contributed by atoms with Crippen LogP contribution in [-0.2, 0) is 4.74 Å². The molecule has 0 aliphatic heterocycles. The van der Waals surface area contributed by atoms with E-state index in [-0.39, 0.29) is 5.97 Å². The van der Waals surface area contributed by atoms with Crippen LogP contribution in [0.4, 0.5) is 5.69 Å². The van der Waals surface area contributed by atoms with Crippen molar-refractivity contribution in [3.05, 3.63) is 65.2 Å². The first-order chi connectivity index (χ1) is 10.6. The number of aliphatic imine (C=N–C) groups is 1. The maximum absolute atomic E-state index is 12.3. The van der Waals surface area contributed by atoms with E-state index in [0.717, 1.165) is 23.2 Å². The number of nitrogens with zero attached hydrogens (tertiary/aromatic N) is 1. The molecule has 0 fully saturated rings. The molecule has 0 saturated heterocycles. The largest absolute Gasteiger partial charge is 0.408 e. The van der Waals surface area contributed by atoms with Gasteiger partial charge in [0.05, 0.1) is 11.3 Å². The third-order valence-corrected chi connectivity index (χ3v) is 3.43. The van der Waals surface area contributed by atoms with Gasteiger partial charge in [-0.15, -0.1) is 0 Å². The highest BCUT2D eigenvalue weighted by atomic mass is 16.5. The van der Waals surface area contributed by atoms with Crippen LogP contribution in [-0.4, -0.2) is 11.9 Å². The third kappa shape index (κ3) is 4.29. The fourth-order valence-corrected chi connectivity index (χ4v) is 2.02. The number of carbonyl (C=O) groups excluding carboxylic acids is 1. The molecular weight excluding hydrogens is 274 g/mol. The van der Waals surface area contributed by atoms with E-state index in [4.69, 9.17) is 4.74 Å². The summed E-state index contributed by atoms with van der Waals surface area (Å²) in [5.74, 6) is 0.100. The highest BCUT2D eigenvalue weighted by Crippen LogP contribution is 2.15. The number of aryl methyl sites for hydroxylation is 2. The summed E-state index contributed by atoms with van der Waals surface area (Å²) in [5.41, 5.74) is 3.58. The van der Waals surface area contributed by atoms with Crippen LogP contribution >= 0.6 is 0 Å². The van der Waals surface area contributed by atoms with Gasteiger partial charge in [-0.2, -0.15) is 0 Å². The SMILES string of the molecule is CCCC(=Nc1ccccc1)OC(=O)c1ccc(C)c(C)c1. The van der Waals surface area contributed by atoms with Crippen LogP contribution in [0.3, 0.4) is 0 Å². The lowest BCUT2D eigenvalue weighted by Gasteiger charge is -2.08. The van der Waals surface area contributed by atoms with E-state index in [2.05, 4.69) is 4.99 Å². The number of benzene rings is 2.